The lowest BCUT2D eigenvalue weighted by Gasteiger charge is -2.27. The minimum atomic E-state index is -0.685. The van der Waals surface area contributed by atoms with E-state index >= 15 is 0 Å². The smallest absolute Gasteiger partial charge is 0.255 e. The normalized spacial score (nSPS) is 14.6. The number of aliphatic imine (C=N–C) groups is 1. The molecule has 1 aliphatic heterocycles. The Balaban J connectivity index is 1.60. The number of amidine groups is 1. The van der Waals surface area contributed by atoms with E-state index in [9.17, 15) is 9.59 Å². The quantitative estimate of drug-likeness (QED) is 0.347. The summed E-state index contributed by atoms with van der Waals surface area (Å²) in [7, 11) is 4.68. The molecule has 0 aromatic heterocycles. The first-order valence-corrected chi connectivity index (χ1v) is 13.1. The highest BCUT2D eigenvalue weighted by Gasteiger charge is 2.32. The highest BCUT2D eigenvalue weighted by molar-refractivity contribution is 8.14. The number of anilines is 2. The standard InChI is InChI=1S/C29H30N4O5S/c1-18-26(28(35)31-19-10-6-5-7-11-19)27(21-15-14-20(36-2)16-24(21)38-4)33-29(30-18)39-17-25(34)32-22-12-8-9-13-23(22)37-3/h5-16,27H,17H2,1-4H3,(H,30,33)(H,31,35)(H,32,34)/t27-/m1/s1. The molecule has 3 N–H and O–H groups in total. The Kier molecular flexibility index (Phi) is 9.11. The van der Waals surface area contributed by atoms with Crippen molar-refractivity contribution >= 4 is 40.1 Å². The molecule has 0 aliphatic carbocycles. The van der Waals surface area contributed by atoms with Gasteiger partial charge in [-0.1, -0.05) is 42.1 Å². The summed E-state index contributed by atoms with van der Waals surface area (Å²) in [5.41, 5.74) is 2.99. The monoisotopic (exact) mass is 546 g/mol. The third-order valence-electron chi connectivity index (χ3n) is 5.95. The van der Waals surface area contributed by atoms with E-state index < -0.39 is 6.04 Å². The van der Waals surface area contributed by atoms with Gasteiger partial charge in [0.05, 0.1) is 38.3 Å². The summed E-state index contributed by atoms with van der Waals surface area (Å²) in [4.78, 5) is 31.1. The summed E-state index contributed by atoms with van der Waals surface area (Å²) >= 11 is 1.23. The molecule has 3 aromatic rings. The van der Waals surface area contributed by atoms with Crippen LogP contribution in [-0.2, 0) is 9.59 Å². The van der Waals surface area contributed by atoms with E-state index in [1.54, 1.807) is 45.6 Å². The van der Waals surface area contributed by atoms with Crippen LogP contribution in [-0.4, -0.2) is 44.1 Å². The topological polar surface area (TPSA) is 110 Å². The molecule has 0 saturated heterocycles. The van der Waals surface area contributed by atoms with Crippen LogP contribution in [0.25, 0.3) is 0 Å². The van der Waals surface area contributed by atoms with Crippen molar-refractivity contribution in [3.8, 4) is 17.2 Å². The van der Waals surface area contributed by atoms with E-state index in [4.69, 9.17) is 19.2 Å². The van der Waals surface area contributed by atoms with Gasteiger partial charge in [-0.3, -0.25) is 9.59 Å². The first kappa shape index (κ1) is 27.6. The Morgan fingerprint density at radius 3 is 2.33 bits per heavy atom. The number of hydrogen-bond donors (Lipinski definition) is 3. The first-order chi connectivity index (χ1) is 18.9. The molecule has 0 bridgehead atoms. The average molecular weight is 547 g/mol. The molecule has 3 aromatic carbocycles. The molecule has 9 nitrogen and oxygen atoms in total. The lowest BCUT2D eigenvalue weighted by molar-refractivity contribution is -0.114. The molecule has 0 unspecified atom stereocenters. The van der Waals surface area contributed by atoms with Crippen LogP contribution in [0.2, 0.25) is 0 Å². The van der Waals surface area contributed by atoms with E-state index in [1.165, 1.54) is 11.8 Å². The Morgan fingerprint density at radius 1 is 0.897 bits per heavy atom. The molecular formula is C29H30N4O5S. The second kappa shape index (κ2) is 12.9. The van der Waals surface area contributed by atoms with Gasteiger partial charge in [-0.25, -0.2) is 4.99 Å². The van der Waals surface area contributed by atoms with Crippen LogP contribution in [0.4, 0.5) is 11.4 Å². The lowest BCUT2D eigenvalue weighted by atomic mass is 9.95. The van der Waals surface area contributed by atoms with Crippen molar-refractivity contribution in [3.63, 3.8) is 0 Å². The number of carbonyl (C=O) groups is 2. The number of carbonyl (C=O) groups excluding carboxylic acids is 2. The zero-order valence-electron chi connectivity index (χ0n) is 22.1. The highest BCUT2D eigenvalue weighted by atomic mass is 32.2. The van der Waals surface area contributed by atoms with Crippen molar-refractivity contribution in [1.29, 1.82) is 0 Å². The van der Waals surface area contributed by atoms with Crippen LogP contribution >= 0.6 is 11.8 Å². The van der Waals surface area contributed by atoms with Crippen molar-refractivity contribution in [1.82, 2.24) is 5.32 Å². The van der Waals surface area contributed by atoms with Crippen molar-refractivity contribution < 1.29 is 23.8 Å². The van der Waals surface area contributed by atoms with E-state index in [0.717, 1.165) is 0 Å². The SMILES string of the molecule is COc1ccc([C@H]2N=C(SCC(=O)Nc3ccccc3OC)NC(C)=C2C(=O)Nc2ccccc2)c(OC)c1. The summed E-state index contributed by atoms with van der Waals surface area (Å²) in [6.07, 6.45) is 0. The lowest BCUT2D eigenvalue weighted by Crippen LogP contribution is -2.33. The molecular weight excluding hydrogens is 516 g/mol. The molecule has 39 heavy (non-hydrogen) atoms. The number of para-hydroxylation sites is 3. The first-order valence-electron chi connectivity index (χ1n) is 12.1. The van der Waals surface area contributed by atoms with Gasteiger partial charge in [0.2, 0.25) is 5.91 Å². The fraction of sp³-hybridized carbons (Fsp3) is 0.207. The van der Waals surface area contributed by atoms with Crippen LogP contribution in [0, 0.1) is 0 Å². The number of rotatable bonds is 9. The molecule has 1 atom stereocenters. The molecule has 10 heteroatoms. The largest absolute Gasteiger partial charge is 0.497 e. The second-order valence-electron chi connectivity index (χ2n) is 8.47. The van der Waals surface area contributed by atoms with Gasteiger partial charge < -0.3 is 30.2 Å². The number of nitrogens with one attached hydrogen (secondary N) is 3. The Labute approximate surface area is 231 Å². The van der Waals surface area contributed by atoms with Crippen LogP contribution in [0.3, 0.4) is 0 Å². The third-order valence-corrected chi connectivity index (χ3v) is 6.84. The van der Waals surface area contributed by atoms with E-state index in [2.05, 4.69) is 16.0 Å². The van der Waals surface area contributed by atoms with Gasteiger partial charge in [-0.05, 0) is 43.3 Å². The van der Waals surface area contributed by atoms with Crippen LogP contribution in [0.5, 0.6) is 17.2 Å². The van der Waals surface area contributed by atoms with E-state index in [0.29, 0.717) is 50.6 Å². The number of allylic oxidation sites excluding steroid dienone is 1. The minimum Gasteiger partial charge on any atom is -0.497 e. The number of thioether (sulfide) groups is 1. The third kappa shape index (κ3) is 6.71. The summed E-state index contributed by atoms with van der Waals surface area (Å²) in [5.74, 6) is 1.30. The number of ether oxygens (including phenoxy) is 3. The molecule has 2 amide bonds. The van der Waals surface area contributed by atoms with Crippen molar-refractivity contribution in [3.05, 3.63) is 89.6 Å². The van der Waals surface area contributed by atoms with Gasteiger partial charge in [0, 0.05) is 23.0 Å². The summed E-state index contributed by atoms with van der Waals surface area (Å²) in [6.45, 7) is 1.81. The summed E-state index contributed by atoms with van der Waals surface area (Å²) in [6, 6.07) is 21.1. The molecule has 0 saturated carbocycles. The Morgan fingerprint density at radius 2 is 1.62 bits per heavy atom. The van der Waals surface area contributed by atoms with Crippen LogP contribution < -0.4 is 30.2 Å². The van der Waals surface area contributed by atoms with E-state index in [-0.39, 0.29) is 17.6 Å². The summed E-state index contributed by atoms with van der Waals surface area (Å²) in [5, 5.41) is 9.51. The molecule has 4 rings (SSSR count). The number of amides is 2. The number of benzene rings is 3. The minimum absolute atomic E-state index is 0.0924. The maximum atomic E-state index is 13.5. The fourth-order valence-corrected chi connectivity index (χ4v) is 4.82. The molecule has 0 spiro atoms. The molecule has 1 aliphatic rings. The zero-order chi connectivity index (χ0) is 27.8. The van der Waals surface area contributed by atoms with Gasteiger partial charge in [0.1, 0.15) is 23.3 Å². The molecule has 0 fully saturated rings. The van der Waals surface area contributed by atoms with Crippen LogP contribution in [0.15, 0.2) is 89.1 Å². The maximum Gasteiger partial charge on any atom is 0.255 e. The van der Waals surface area contributed by atoms with E-state index in [1.807, 2.05) is 55.5 Å². The van der Waals surface area contributed by atoms with Gasteiger partial charge in [0.15, 0.2) is 5.17 Å². The molecule has 1 heterocycles. The fourth-order valence-electron chi connectivity index (χ4n) is 4.07. The molecule has 202 valence electrons. The van der Waals surface area contributed by atoms with Crippen molar-refractivity contribution in [2.75, 3.05) is 37.7 Å². The van der Waals surface area contributed by atoms with Gasteiger partial charge in [0.25, 0.3) is 5.91 Å². The number of methoxy groups -OCH3 is 3. The predicted octanol–water partition coefficient (Wildman–Crippen LogP) is 5.00. The Hall–Kier alpha value is -4.44. The second-order valence-corrected chi connectivity index (χ2v) is 9.43. The van der Waals surface area contributed by atoms with Gasteiger partial charge >= 0.3 is 0 Å². The average Bonchev–Trinajstić information content (AvgIpc) is 2.96. The van der Waals surface area contributed by atoms with Crippen molar-refractivity contribution in [2.45, 2.75) is 13.0 Å². The number of nitrogens with zero attached hydrogens (tertiary/aromatic N) is 1. The maximum absolute atomic E-state index is 13.5. The van der Waals surface area contributed by atoms with Gasteiger partial charge in [-0.15, -0.1) is 0 Å². The Bertz CT molecular complexity index is 1410. The predicted molar refractivity (Wildman–Crippen MR) is 155 cm³/mol. The van der Waals surface area contributed by atoms with Crippen LogP contribution in [0.1, 0.15) is 18.5 Å². The van der Waals surface area contributed by atoms with Gasteiger partial charge in [-0.2, -0.15) is 0 Å². The summed E-state index contributed by atoms with van der Waals surface area (Å²) < 4.78 is 16.3. The number of hydrogen-bond acceptors (Lipinski definition) is 8. The van der Waals surface area contributed by atoms with Crippen molar-refractivity contribution in [2.24, 2.45) is 4.99 Å². The molecule has 0 radical (unpaired) electrons. The highest BCUT2D eigenvalue weighted by Crippen LogP contribution is 2.39. The zero-order valence-corrected chi connectivity index (χ0v) is 22.9.